The van der Waals surface area contributed by atoms with Gasteiger partial charge in [-0.25, -0.2) is 0 Å². The van der Waals surface area contributed by atoms with Crippen LogP contribution in [-0.4, -0.2) is 11.8 Å². The highest BCUT2D eigenvalue weighted by atomic mass is 16.2. The van der Waals surface area contributed by atoms with Gasteiger partial charge < -0.3 is 10.6 Å². The van der Waals surface area contributed by atoms with Crippen LogP contribution in [0.3, 0.4) is 0 Å². The summed E-state index contributed by atoms with van der Waals surface area (Å²) in [5.74, 6) is -0.735. The molecule has 0 spiro atoms. The van der Waals surface area contributed by atoms with Crippen molar-refractivity contribution in [2.24, 2.45) is 5.41 Å². The van der Waals surface area contributed by atoms with Gasteiger partial charge in [0.25, 0.3) is 0 Å². The van der Waals surface area contributed by atoms with Crippen molar-refractivity contribution >= 4 is 23.2 Å². The van der Waals surface area contributed by atoms with Crippen LogP contribution in [0.4, 0.5) is 11.4 Å². The van der Waals surface area contributed by atoms with Crippen LogP contribution in [-0.2, 0) is 9.59 Å². The molecule has 0 aliphatic rings. The first-order valence-electron chi connectivity index (χ1n) is 10.9. The summed E-state index contributed by atoms with van der Waals surface area (Å²) < 4.78 is 0. The zero-order chi connectivity index (χ0) is 23.3. The predicted molar refractivity (Wildman–Crippen MR) is 135 cm³/mol. The average Bonchev–Trinajstić information content (AvgIpc) is 2.86. The molecule has 4 rings (SSSR count). The third-order valence-electron chi connectivity index (χ3n) is 5.64. The van der Waals surface area contributed by atoms with Crippen LogP contribution in [0.15, 0.2) is 109 Å². The Labute approximate surface area is 194 Å². The molecule has 164 valence electrons. The van der Waals surface area contributed by atoms with Crippen molar-refractivity contribution in [2.75, 3.05) is 10.6 Å². The SMILES string of the molecule is CC(C)(C(=O)Nc1ccc(-c2ccccc2)cc1)C(=O)Nc1ccc(-c2ccccc2)cc1. The number of carbonyl (C=O) groups is 2. The number of rotatable bonds is 6. The van der Waals surface area contributed by atoms with Gasteiger partial charge in [-0.1, -0.05) is 84.9 Å². The lowest BCUT2D eigenvalue weighted by Gasteiger charge is -2.23. The highest BCUT2D eigenvalue weighted by Gasteiger charge is 2.36. The molecule has 0 unspecified atom stereocenters. The Morgan fingerprint density at radius 2 is 0.788 bits per heavy atom. The van der Waals surface area contributed by atoms with Crippen LogP contribution in [0, 0.1) is 5.41 Å². The summed E-state index contributed by atoms with van der Waals surface area (Å²) in [4.78, 5) is 25.8. The Morgan fingerprint density at radius 3 is 1.12 bits per heavy atom. The Morgan fingerprint density at radius 1 is 0.485 bits per heavy atom. The zero-order valence-electron chi connectivity index (χ0n) is 18.7. The smallest absolute Gasteiger partial charge is 0.239 e. The zero-order valence-corrected chi connectivity index (χ0v) is 18.7. The molecule has 0 fully saturated rings. The van der Waals surface area contributed by atoms with E-state index in [2.05, 4.69) is 10.6 Å². The molecule has 0 aromatic heterocycles. The number of benzene rings is 4. The van der Waals surface area contributed by atoms with Crippen LogP contribution in [0.5, 0.6) is 0 Å². The summed E-state index contributed by atoms with van der Waals surface area (Å²) in [7, 11) is 0. The lowest BCUT2D eigenvalue weighted by atomic mass is 9.90. The van der Waals surface area contributed by atoms with E-state index in [9.17, 15) is 9.59 Å². The molecule has 33 heavy (non-hydrogen) atoms. The second-order valence-corrected chi connectivity index (χ2v) is 8.42. The summed E-state index contributed by atoms with van der Waals surface area (Å²) in [6.07, 6.45) is 0. The summed E-state index contributed by atoms with van der Waals surface area (Å²) in [6.45, 7) is 3.24. The van der Waals surface area contributed by atoms with Gasteiger partial charge in [0.15, 0.2) is 0 Å². The van der Waals surface area contributed by atoms with Gasteiger partial charge in [0.05, 0.1) is 0 Å². The van der Waals surface area contributed by atoms with Crippen molar-refractivity contribution in [2.45, 2.75) is 13.8 Å². The van der Waals surface area contributed by atoms with Crippen LogP contribution in [0.25, 0.3) is 22.3 Å². The minimum Gasteiger partial charge on any atom is -0.325 e. The van der Waals surface area contributed by atoms with Crippen molar-refractivity contribution in [3.05, 3.63) is 109 Å². The molecule has 0 aliphatic carbocycles. The van der Waals surface area contributed by atoms with Crippen molar-refractivity contribution in [3.63, 3.8) is 0 Å². The molecule has 4 aromatic carbocycles. The molecule has 0 radical (unpaired) electrons. The van der Waals surface area contributed by atoms with Gasteiger partial charge in [0, 0.05) is 11.4 Å². The number of hydrogen-bond acceptors (Lipinski definition) is 2. The van der Waals surface area contributed by atoms with Crippen LogP contribution >= 0.6 is 0 Å². The van der Waals surface area contributed by atoms with E-state index in [1.54, 1.807) is 13.8 Å². The van der Waals surface area contributed by atoms with Gasteiger partial charge >= 0.3 is 0 Å². The molecule has 4 heteroatoms. The Hall–Kier alpha value is -4.18. The predicted octanol–water partition coefficient (Wildman–Crippen LogP) is 6.62. The molecule has 2 amide bonds. The van der Waals surface area contributed by atoms with E-state index >= 15 is 0 Å². The van der Waals surface area contributed by atoms with E-state index < -0.39 is 5.41 Å². The van der Waals surface area contributed by atoms with Crippen molar-refractivity contribution < 1.29 is 9.59 Å². The summed E-state index contributed by atoms with van der Waals surface area (Å²) in [6, 6.07) is 35.2. The normalized spacial score (nSPS) is 11.0. The Balaban J connectivity index is 1.39. The first-order chi connectivity index (χ1) is 15.9. The molecule has 0 aliphatic heterocycles. The first kappa shape index (κ1) is 22.0. The van der Waals surface area contributed by atoms with Crippen molar-refractivity contribution in [1.82, 2.24) is 0 Å². The Kier molecular flexibility index (Phi) is 6.36. The van der Waals surface area contributed by atoms with E-state index in [0.717, 1.165) is 22.3 Å². The van der Waals surface area contributed by atoms with Gasteiger partial charge in [-0.2, -0.15) is 0 Å². The molecule has 0 heterocycles. The molecule has 2 N–H and O–H groups in total. The first-order valence-corrected chi connectivity index (χ1v) is 10.9. The lowest BCUT2D eigenvalue weighted by Crippen LogP contribution is -2.41. The fourth-order valence-electron chi connectivity index (χ4n) is 3.43. The number of carbonyl (C=O) groups excluding carboxylic acids is 2. The molecule has 0 bridgehead atoms. The van der Waals surface area contributed by atoms with Gasteiger partial charge in [-0.3, -0.25) is 9.59 Å². The average molecular weight is 435 g/mol. The molecule has 0 saturated heterocycles. The van der Waals surface area contributed by atoms with Crippen LogP contribution in [0.1, 0.15) is 13.8 Å². The van der Waals surface area contributed by atoms with Gasteiger partial charge in [0.2, 0.25) is 11.8 Å². The maximum Gasteiger partial charge on any atom is 0.239 e. The quantitative estimate of drug-likeness (QED) is 0.335. The highest BCUT2D eigenvalue weighted by Crippen LogP contribution is 2.26. The van der Waals surface area contributed by atoms with Crippen LogP contribution in [0.2, 0.25) is 0 Å². The van der Waals surface area contributed by atoms with E-state index in [-0.39, 0.29) is 11.8 Å². The third-order valence-corrected chi connectivity index (χ3v) is 5.64. The number of hydrogen-bond donors (Lipinski definition) is 2. The molecular weight excluding hydrogens is 408 g/mol. The van der Waals surface area contributed by atoms with E-state index in [1.807, 2.05) is 109 Å². The minimum atomic E-state index is -1.25. The van der Waals surface area contributed by atoms with E-state index in [1.165, 1.54) is 0 Å². The minimum absolute atomic E-state index is 0.367. The highest BCUT2D eigenvalue weighted by molar-refractivity contribution is 6.14. The molecule has 4 nitrogen and oxygen atoms in total. The van der Waals surface area contributed by atoms with Crippen molar-refractivity contribution in [1.29, 1.82) is 0 Å². The molecular formula is C29H26N2O2. The summed E-state index contributed by atoms with van der Waals surface area (Å²) >= 11 is 0. The molecule has 0 saturated carbocycles. The molecule has 4 aromatic rings. The number of nitrogens with one attached hydrogen (secondary N) is 2. The standard InChI is InChI=1S/C29H26N2O2/c1-29(2,27(32)30-25-17-13-23(14-18-25)21-9-5-3-6-10-21)28(33)31-26-19-15-24(16-20-26)22-11-7-4-8-12-22/h3-20H,1-2H3,(H,30,32)(H,31,33). The monoisotopic (exact) mass is 434 g/mol. The second-order valence-electron chi connectivity index (χ2n) is 8.42. The third kappa shape index (κ3) is 5.18. The number of anilines is 2. The Bertz CT molecular complexity index is 1130. The topological polar surface area (TPSA) is 58.2 Å². The summed E-state index contributed by atoms with van der Waals surface area (Å²) in [5.41, 5.74) is 4.37. The molecule has 0 atom stereocenters. The number of amides is 2. The fourth-order valence-corrected chi connectivity index (χ4v) is 3.43. The lowest BCUT2D eigenvalue weighted by molar-refractivity contribution is -0.135. The van der Waals surface area contributed by atoms with E-state index in [4.69, 9.17) is 0 Å². The van der Waals surface area contributed by atoms with Gasteiger partial charge in [-0.15, -0.1) is 0 Å². The maximum absolute atomic E-state index is 12.9. The van der Waals surface area contributed by atoms with Gasteiger partial charge in [0.1, 0.15) is 5.41 Å². The van der Waals surface area contributed by atoms with E-state index in [0.29, 0.717) is 11.4 Å². The van der Waals surface area contributed by atoms with Crippen molar-refractivity contribution in [3.8, 4) is 22.3 Å². The second kappa shape index (κ2) is 9.53. The summed E-state index contributed by atoms with van der Waals surface area (Å²) in [5, 5.41) is 5.72. The van der Waals surface area contributed by atoms with Crippen LogP contribution < -0.4 is 10.6 Å². The largest absolute Gasteiger partial charge is 0.325 e. The fraction of sp³-hybridized carbons (Fsp3) is 0.103. The van der Waals surface area contributed by atoms with Gasteiger partial charge in [-0.05, 0) is 60.4 Å². The maximum atomic E-state index is 12.9.